The molecule has 0 aromatic heterocycles. The summed E-state index contributed by atoms with van der Waals surface area (Å²) in [6, 6.07) is 9.43. The highest BCUT2D eigenvalue weighted by Gasteiger charge is 2.13. The van der Waals surface area contributed by atoms with Gasteiger partial charge in [0.2, 0.25) is 5.91 Å². The number of carbonyl (C=O) groups is 1. The molecule has 0 aliphatic rings. The minimum atomic E-state index is -0.125. The topological polar surface area (TPSA) is 62.1 Å². The molecule has 1 aromatic carbocycles. The van der Waals surface area contributed by atoms with E-state index in [1.54, 1.807) is 11.8 Å². The van der Waals surface area contributed by atoms with Crippen LogP contribution in [0.15, 0.2) is 24.3 Å². The Morgan fingerprint density at radius 2 is 2.15 bits per heavy atom. The van der Waals surface area contributed by atoms with E-state index in [0.29, 0.717) is 13.0 Å². The number of rotatable bonds is 8. The van der Waals surface area contributed by atoms with Crippen LogP contribution in [0, 0.1) is 11.3 Å². The lowest BCUT2D eigenvalue weighted by molar-refractivity contribution is -0.115. The van der Waals surface area contributed by atoms with Crippen LogP contribution in [0.5, 0.6) is 5.75 Å². The Hall–Kier alpha value is -1.67. The van der Waals surface area contributed by atoms with Crippen molar-refractivity contribution in [3.05, 3.63) is 24.3 Å². The summed E-state index contributed by atoms with van der Waals surface area (Å²) in [7, 11) is 0. The molecular weight excluding hydrogens is 272 g/mol. The number of nitrogens with one attached hydrogen (secondary N) is 1. The van der Waals surface area contributed by atoms with Crippen LogP contribution in [0.3, 0.4) is 0 Å². The standard InChI is InChI=1S/C15H20N2O2S/c1-3-19-14-8-6-13(7-9-14)17-15(18)12(2)20-11-5-4-10-16/h6-9,12H,3-5,11H2,1-2H3,(H,17,18). The smallest absolute Gasteiger partial charge is 0.237 e. The van der Waals surface area contributed by atoms with E-state index in [9.17, 15) is 4.79 Å². The van der Waals surface area contributed by atoms with Gasteiger partial charge in [-0.2, -0.15) is 5.26 Å². The van der Waals surface area contributed by atoms with Gasteiger partial charge in [0.05, 0.1) is 17.9 Å². The minimum Gasteiger partial charge on any atom is -0.494 e. The summed E-state index contributed by atoms with van der Waals surface area (Å²) < 4.78 is 5.35. The van der Waals surface area contributed by atoms with Gasteiger partial charge in [0, 0.05) is 12.1 Å². The first kappa shape index (κ1) is 16.4. The summed E-state index contributed by atoms with van der Waals surface area (Å²) in [6.07, 6.45) is 1.36. The first-order valence-electron chi connectivity index (χ1n) is 6.69. The van der Waals surface area contributed by atoms with E-state index in [2.05, 4.69) is 11.4 Å². The Kier molecular flexibility index (Phi) is 7.59. The van der Waals surface area contributed by atoms with E-state index in [1.165, 1.54) is 0 Å². The lowest BCUT2D eigenvalue weighted by Gasteiger charge is -2.12. The Balaban J connectivity index is 2.39. The average molecular weight is 292 g/mol. The van der Waals surface area contributed by atoms with Crippen LogP contribution in [0.1, 0.15) is 26.7 Å². The molecule has 0 bridgehead atoms. The molecule has 0 radical (unpaired) electrons. The van der Waals surface area contributed by atoms with Crippen molar-refractivity contribution in [1.29, 1.82) is 5.26 Å². The van der Waals surface area contributed by atoms with Crippen molar-refractivity contribution in [2.24, 2.45) is 0 Å². The van der Waals surface area contributed by atoms with Crippen LogP contribution in [-0.2, 0) is 4.79 Å². The van der Waals surface area contributed by atoms with Gasteiger partial charge in [0.1, 0.15) is 5.75 Å². The maximum atomic E-state index is 12.0. The van der Waals surface area contributed by atoms with Gasteiger partial charge in [0.15, 0.2) is 0 Å². The molecule has 0 spiro atoms. The second kappa shape index (κ2) is 9.27. The molecule has 1 rings (SSSR count). The fraction of sp³-hybridized carbons (Fsp3) is 0.467. The van der Waals surface area contributed by atoms with E-state index in [-0.39, 0.29) is 11.2 Å². The predicted octanol–water partition coefficient (Wildman–Crippen LogP) is 3.45. The molecule has 1 atom stereocenters. The number of amides is 1. The zero-order chi connectivity index (χ0) is 14.8. The molecule has 108 valence electrons. The van der Waals surface area contributed by atoms with Gasteiger partial charge < -0.3 is 10.1 Å². The van der Waals surface area contributed by atoms with E-state index < -0.39 is 0 Å². The Morgan fingerprint density at radius 3 is 2.75 bits per heavy atom. The predicted molar refractivity (Wildman–Crippen MR) is 83.0 cm³/mol. The molecular formula is C15H20N2O2S. The molecule has 1 unspecified atom stereocenters. The molecule has 1 N–H and O–H groups in total. The number of hydrogen-bond donors (Lipinski definition) is 1. The van der Waals surface area contributed by atoms with Crippen LogP contribution < -0.4 is 10.1 Å². The summed E-state index contributed by atoms with van der Waals surface area (Å²) in [5.41, 5.74) is 0.767. The van der Waals surface area contributed by atoms with Crippen molar-refractivity contribution in [2.75, 3.05) is 17.7 Å². The number of carbonyl (C=O) groups excluding carboxylic acids is 1. The Bertz CT molecular complexity index is 454. The third-order valence-corrected chi connectivity index (χ3v) is 3.84. The van der Waals surface area contributed by atoms with Gasteiger partial charge in [-0.1, -0.05) is 0 Å². The SMILES string of the molecule is CCOc1ccc(NC(=O)C(C)SCCCC#N)cc1. The highest BCUT2D eigenvalue weighted by molar-refractivity contribution is 8.00. The summed E-state index contributed by atoms with van der Waals surface area (Å²) >= 11 is 1.57. The molecule has 4 nitrogen and oxygen atoms in total. The van der Waals surface area contributed by atoms with Gasteiger partial charge >= 0.3 is 0 Å². The van der Waals surface area contributed by atoms with Crippen molar-refractivity contribution in [1.82, 2.24) is 0 Å². The average Bonchev–Trinajstić information content (AvgIpc) is 2.45. The van der Waals surface area contributed by atoms with Gasteiger partial charge in [-0.15, -0.1) is 11.8 Å². The minimum absolute atomic E-state index is 0.0175. The van der Waals surface area contributed by atoms with Crippen LogP contribution in [-0.4, -0.2) is 23.5 Å². The number of nitriles is 1. The maximum absolute atomic E-state index is 12.0. The number of thioether (sulfide) groups is 1. The van der Waals surface area contributed by atoms with Crippen molar-refractivity contribution in [2.45, 2.75) is 31.9 Å². The van der Waals surface area contributed by atoms with E-state index >= 15 is 0 Å². The molecule has 5 heteroatoms. The van der Waals surface area contributed by atoms with Crippen molar-refractivity contribution < 1.29 is 9.53 Å². The number of nitrogens with zero attached hydrogens (tertiary/aromatic N) is 1. The first-order valence-corrected chi connectivity index (χ1v) is 7.74. The molecule has 0 heterocycles. The van der Waals surface area contributed by atoms with Gasteiger partial charge in [-0.3, -0.25) is 4.79 Å². The normalized spacial score (nSPS) is 11.4. The second-order valence-electron chi connectivity index (χ2n) is 4.22. The Morgan fingerprint density at radius 1 is 1.45 bits per heavy atom. The molecule has 0 aliphatic carbocycles. The summed E-state index contributed by atoms with van der Waals surface area (Å²) in [5.74, 6) is 1.60. The number of hydrogen-bond acceptors (Lipinski definition) is 4. The third-order valence-electron chi connectivity index (χ3n) is 2.60. The Labute approximate surface area is 124 Å². The summed E-state index contributed by atoms with van der Waals surface area (Å²) in [4.78, 5) is 12.0. The van der Waals surface area contributed by atoms with E-state index in [0.717, 1.165) is 23.6 Å². The van der Waals surface area contributed by atoms with Crippen LogP contribution in [0.25, 0.3) is 0 Å². The largest absolute Gasteiger partial charge is 0.494 e. The van der Waals surface area contributed by atoms with Crippen LogP contribution in [0.4, 0.5) is 5.69 Å². The molecule has 0 fully saturated rings. The van der Waals surface area contributed by atoms with Crippen molar-refractivity contribution in [3.8, 4) is 11.8 Å². The second-order valence-corrected chi connectivity index (χ2v) is 5.67. The van der Waals surface area contributed by atoms with Crippen molar-refractivity contribution in [3.63, 3.8) is 0 Å². The van der Waals surface area contributed by atoms with E-state index in [4.69, 9.17) is 10.00 Å². The highest BCUT2D eigenvalue weighted by Crippen LogP contribution is 2.18. The molecule has 20 heavy (non-hydrogen) atoms. The first-order chi connectivity index (χ1) is 9.67. The zero-order valence-electron chi connectivity index (χ0n) is 11.9. The molecule has 0 aliphatic heterocycles. The summed E-state index contributed by atoms with van der Waals surface area (Å²) in [6.45, 7) is 4.43. The van der Waals surface area contributed by atoms with Gasteiger partial charge in [-0.05, 0) is 50.3 Å². The molecule has 0 saturated heterocycles. The number of unbranched alkanes of at least 4 members (excludes halogenated alkanes) is 1. The van der Waals surface area contributed by atoms with Crippen LogP contribution in [0.2, 0.25) is 0 Å². The van der Waals surface area contributed by atoms with Gasteiger partial charge in [0.25, 0.3) is 0 Å². The zero-order valence-corrected chi connectivity index (χ0v) is 12.7. The maximum Gasteiger partial charge on any atom is 0.237 e. The lowest BCUT2D eigenvalue weighted by Crippen LogP contribution is -2.22. The molecule has 1 amide bonds. The molecule has 1 aromatic rings. The number of benzene rings is 1. The highest BCUT2D eigenvalue weighted by atomic mass is 32.2. The fourth-order valence-corrected chi connectivity index (χ4v) is 2.41. The lowest BCUT2D eigenvalue weighted by atomic mass is 10.3. The number of anilines is 1. The van der Waals surface area contributed by atoms with Crippen molar-refractivity contribution >= 4 is 23.4 Å². The quantitative estimate of drug-likeness (QED) is 0.745. The summed E-state index contributed by atoms with van der Waals surface area (Å²) in [5, 5.41) is 11.2. The number of ether oxygens (including phenoxy) is 1. The van der Waals surface area contributed by atoms with Gasteiger partial charge in [-0.25, -0.2) is 0 Å². The van der Waals surface area contributed by atoms with Crippen LogP contribution >= 0.6 is 11.8 Å². The third kappa shape index (κ3) is 5.98. The van der Waals surface area contributed by atoms with E-state index in [1.807, 2.05) is 38.1 Å². The monoisotopic (exact) mass is 292 g/mol. The fourth-order valence-electron chi connectivity index (χ4n) is 1.53. The molecule has 0 saturated carbocycles.